The van der Waals surface area contributed by atoms with Crippen molar-refractivity contribution >= 4 is 17.9 Å². The van der Waals surface area contributed by atoms with Gasteiger partial charge < -0.3 is 15.1 Å². The fourth-order valence-corrected chi connectivity index (χ4v) is 0.718. The van der Waals surface area contributed by atoms with Gasteiger partial charge in [0, 0.05) is 13.1 Å². The number of hydrogen-bond donors (Lipinski definition) is 2. The van der Waals surface area contributed by atoms with Crippen molar-refractivity contribution in [3.63, 3.8) is 0 Å². The molecule has 0 fully saturated rings. The Morgan fingerprint density at radius 3 is 1.90 bits per heavy atom. The van der Waals surface area contributed by atoms with Crippen LogP contribution in [0, 0.1) is 0 Å². The number of hydrogen-bond acceptors (Lipinski definition) is 3. The lowest BCUT2D eigenvalue weighted by Crippen LogP contribution is -2.31. The van der Waals surface area contributed by atoms with Crippen molar-refractivity contribution in [2.75, 3.05) is 26.3 Å². The second kappa shape index (κ2) is 5.40. The molecule has 0 aliphatic rings. The van der Waals surface area contributed by atoms with Gasteiger partial charge in [0.15, 0.2) is 0 Å². The molecule has 0 saturated heterocycles. The van der Waals surface area contributed by atoms with Gasteiger partial charge in [-0.3, -0.25) is 4.79 Å². The number of aliphatic hydroxyl groups is 2. The number of amides is 1. The van der Waals surface area contributed by atoms with Gasteiger partial charge in [-0.1, -0.05) is 0 Å². The first kappa shape index (κ1) is 9.61. The summed E-state index contributed by atoms with van der Waals surface area (Å²) in [5.74, 6) is 0. The molecule has 0 spiro atoms. The fourth-order valence-electron chi connectivity index (χ4n) is 0.536. The Balaban J connectivity index is 3.61. The van der Waals surface area contributed by atoms with Crippen LogP contribution in [0.1, 0.15) is 0 Å². The molecule has 1 radical (unpaired) electrons. The number of nitrogens with zero attached hydrogens (tertiary/aromatic N) is 1. The summed E-state index contributed by atoms with van der Waals surface area (Å²) in [5.41, 5.74) is 0. The topological polar surface area (TPSA) is 60.8 Å². The maximum Gasteiger partial charge on any atom is 0.313 e. The molecule has 5 heteroatoms. The third-order valence-electron chi connectivity index (χ3n) is 0.998. The number of carbonyl (C=O) groups is 1. The highest BCUT2D eigenvalue weighted by Gasteiger charge is 2.07. The van der Waals surface area contributed by atoms with E-state index in [1.807, 2.05) is 0 Å². The minimum Gasteiger partial charge on any atom is -0.395 e. The molecule has 0 aliphatic heterocycles. The summed E-state index contributed by atoms with van der Waals surface area (Å²) in [4.78, 5) is 11.6. The van der Waals surface area contributed by atoms with Crippen LogP contribution in [0.4, 0.5) is 4.79 Å². The van der Waals surface area contributed by atoms with E-state index < -0.39 is 5.24 Å². The Kier molecular flexibility index (Phi) is 5.19. The molecule has 10 heavy (non-hydrogen) atoms. The van der Waals surface area contributed by atoms with Crippen LogP contribution in [0.5, 0.6) is 0 Å². The molecular formula is C5H10NO3S. The van der Waals surface area contributed by atoms with E-state index in [0.29, 0.717) is 0 Å². The van der Waals surface area contributed by atoms with E-state index in [1.165, 1.54) is 4.90 Å². The van der Waals surface area contributed by atoms with Crippen LogP contribution in [-0.2, 0) is 0 Å². The second-order valence-electron chi connectivity index (χ2n) is 1.70. The standard InChI is InChI=1S/C5H10NO3S/c7-3-1-6(2-4-8)5(9)10/h7-8H,1-4H2. The maximum absolute atomic E-state index is 10.4. The normalized spacial score (nSPS) is 9.40. The van der Waals surface area contributed by atoms with E-state index in [0.717, 1.165) is 0 Å². The Hall–Kier alpha value is -0.390. The summed E-state index contributed by atoms with van der Waals surface area (Å²) in [6.45, 7) is 0.149. The first-order chi connectivity index (χ1) is 4.72. The monoisotopic (exact) mass is 164 g/mol. The lowest BCUT2D eigenvalue weighted by molar-refractivity contribution is 0.175. The van der Waals surface area contributed by atoms with Gasteiger partial charge in [-0.2, -0.15) is 0 Å². The largest absolute Gasteiger partial charge is 0.395 e. The average Bonchev–Trinajstić information content (AvgIpc) is 1.87. The molecule has 0 aromatic carbocycles. The van der Waals surface area contributed by atoms with Gasteiger partial charge >= 0.3 is 5.24 Å². The second-order valence-corrected chi connectivity index (χ2v) is 2.05. The Morgan fingerprint density at radius 1 is 1.30 bits per heavy atom. The quantitative estimate of drug-likeness (QED) is 0.594. The summed E-state index contributed by atoms with van der Waals surface area (Å²) in [5, 5.41) is 16.2. The van der Waals surface area contributed by atoms with Crippen molar-refractivity contribution in [1.82, 2.24) is 4.90 Å². The lowest BCUT2D eigenvalue weighted by Gasteiger charge is -2.15. The number of carbonyl (C=O) groups excluding carboxylic acids is 1. The van der Waals surface area contributed by atoms with Crippen LogP contribution in [0.15, 0.2) is 0 Å². The third kappa shape index (κ3) is 3.60. The Bertz CT molecular complexity index is 103. The molecule has 0 aromatic heterocycles. The van der Waals surface area contributed by atoms with E-state index in [2.05, 4.69) is 12.6 Å². The SMILES string of the molecule is O=C([S])N(CCO)CCO. The molecule has 0 bridgehead atoms. The van der Waals surface area contributed by atoms with Gasteiger partial charge in [-0.15, -0.1) is 0 Å². The van der Waals surface area contributed by atoms with Gasteiger partial charge in [0.2, 0.25) is 0 Å². The summed E-state index contributed by atoms with van der Waals surface area (Å²) in [6.07, 6.45) is 0. The molecule has 59 valence electrons. The van der Waals surface area contributed by atoms with Crippen LogP contribution in [0.25, 0.3) is 0 Å². The summed E-state index contributed by atoms with van der Waals surface area (Å²) < 4.78 is 0. The van der Waals surface area contributed by atoms with Gasteiger partial charge in [0.1, 0.15) is 0 Å². The summed E-state index contributed by atoms with van der Waals surface area (Å²) in [7, 11) is 0. The fraction of sp³-hybridized carbons (Fsp3) is 0.800. The molecule has 2 N–H and O–H groups in total. The van der Waals surface area contributed by atoms with Gasteiger partial charge in [-0.25, -0.2) is 0 Å². The van der Waals surface area contributed by atoms with Crippen molar-refractivity contribution in [2.45, 2.75) is 0 Å². The van der Waals surface area contributed by atoms with Crippen LogP contribution in [-0.4, -0.2) is 46.7 Å². The lowest BCUT2D eigenvalue weighted by atomic mass is 10.5. The van der Waals surface area contributed by atoms with E-state index in [9.17, 15) is 4.79 Å². The predicted octanol–water partition coefficient (Wildman–Crippen LogP) is -0.409. The van der Waals surface area contributed by atoms with Crippen LogP contribution >= 0.6 is 12.6 Å². The molecule has 1 amide bonds. The first-order valence-electron chi connectivity index (χ1n) is 2.90. The maximum atomic E-state index is 10.4. The molecule has 0 atom stereocenters. The van der Waals surface area contributed by atoms with Gasteiger partial charge in [0.05, 0.1) is 13.2 Å². The number of aliphatic hydroxyl groups excluding tert-OH is 2. The summed E-state index contributed by atoms with van der Waals surface area (Å²) in [6, 6.07) is 0. The van der Waals surface area contributed by atoms with Crippen molar-refractivity contribution in [3.8, 4) is 0 Å². The van der Waals surface area contributed by atoms with E-state index in [-0.39, 0.29) is 26.3 Å². The highest BCUT2D eigenvalue weighted by atomic mass is 32.1. The molecule has 0 heterocycles. The van der Waals surface area contributed by atoms with E-state index in [4.69, 9.17) is 10.2 Å². The minimum atomic E-state index is -0.539. The third-order valence-corrected chi connectivity index (χ3v) is 1.26. The molecule has 0 aliphatic carbocycles. The van der Waals surface area contributed by atoms with Gasteiger partial charge in [0.25, 0.3) is 0 Å². The van der Waals surface area contributed by atoms with Crippen LogP contribution in [0.3, 0.4) is 0 Å². The molecule has 0 unspecified atom stereocenters. The van der Waals surface area contributed by atoms with Crippen LogP contribution in [0.2, 0.25) is 0 Å². The predicted molar refractivity (Wildman–Crippen MR) is 38.7 cm³/mol. The van der Waals surface area contributed by atoms with E-state index in [1.54, 1.807) is 0 Å². The Morgan fingerprint density at radius 2 is 1.70 bits per heavy atom. The Labute approximate surface area is 64.9 Å². The zero-order valence-electron chi connectivity index (χ0n) is 5.49. The highest BCUT2D eigenvalue weighted by Crippen LogP contribution is 1.93. The average molecular weight is 164 g/mol. The number of rotatable bonds is 4. The molecular weight excluding hydrogens is 154 g/mol. The summed E-state index contributed by atoms with van der Waals surface area (Å²) >= 11 is 4.30. The molecule has 4 nitrogen and oxygen atoms in total. The van der Waals surface area contributed by atoms with Crippen molar-refractivity contribution in [2.24, 2.45) is 0 Å². The molecule has 0 rings (SSSR count). The van der Waals surface area contributed by atoms with Crippen molar-refractivity contribution < 1.29 is 15.0 Å². The van der Waals surface area contributed by atoms with E-state index >= 15 is 0 Å². The smallest absolute Gasteiger partial charge is 0.313 e. The molecule has 0 saturated carbocycles. The zero-order valence-corrected chi connectivity index (χ0v) is 6.30. The minimum absolute atomic E-state index is 0.123. The molecule has 0 aromatic rings. The van der Waals surface area contributed by atoms with Crippen LogP contribution < -0.4 is 0 Å². The zero-order chi connectivity index (χ0) is 7.98. The first-order valence-corrected chi connectivity index (χ1v) is 3.31. The van der Waals surface area contributed by atoms with Crippen molar-refractivity contribution in [1.29, 1.82) is 0 Å². The van der Waals surface area contributed by atoms with Gasteiger partial charge in [-0.05, 0) is 12.6 Å². The van der Waals surface area contributed by atoms with Crippen molar-refractivity contribution in [3.05, 3.63) is 0 Å². The highest BCUT2D eigenvalue weighted by molar-refractivity contribution is 7.96.